The van der Waals surface area contributed by atoms with Crippen molar-refractivity contribution in [2.75, 3.05) is 31.3 Å². The SMILES string of the molecule is CN(C)CCC#Cc1cccc(Nc2ncc3c(n2)-c2ccc(Cl)cc2NC(=O)C3)c1. The molecule has 0 saturated heterocycles. The van der Waals surface area contributed by atoms with Crippen LogP contribution in [0.25, 0.3) is 11.3 Å². The maximum absolute atomic E-state index is 12.2. The molecule has 1 aliphatic rings. The highest BCUT2D eigenvalue weighted by molar-refractivity contribution is 6.31. The van der Waals surface area contributed by atoms with E-state index in [4.69, 9.17) is 16.6 Å². The molecule has 2 aromatic carbocycles. The topological polar surface area (TPSA) is 70.2 Å². The lowest BCUT2D eigenvalue weighted by molar-refractivity contribution is -0.115. The van der Waals surface area contributed by atoms with Gasteiger partial charge >= 0.3 is 0 Å². The molecule has 3 aromatic rings. The molecule has 1 aliphatic heterocycles. The molecule has 31 heavy (non-hydrogen) atoms. The molecule has 2 N–H and O–H groups in total. The van der Waals surface area contributed by atoms with Crippen molar-refractivity contribution in [2.24, 2.45) is 0 Å². The molecule has 0 atom stereocenters. The van der Waals surface area contributed by atoms with Gasteiger partial charge in [-0.1, -0.05) is 29.5 Å². The quantitative estimate of drug-likeness (QED) is 0.601. The highest BCUT2D eigenvalue weighted by Gasteiger charge is 2.21. The number of carbonyl (C=O) groups is 1. The van der Waals surface area contributed by atoms with Crippen LogP contribution in [0.1, 0.15) is 17.5 Å². The van der Waals surface area contributed by atoms with E-state index >= 15 is 0 Å². The van der Waals surface area contributed by atoms with Crippen molar-refractivity contribution in [1.29, 1.82) is 0 Å². The number of benzene rings is 2. The van der Waals surface area contributed by atoms with Gasteiger partial charge in [-0.25, -0.2) is 9.97 Å². The van der Waals surface area contributed by atoms with Crippen molar-refractivity contribution in [1.82, 2.24) is 14.9 Å². The van der Waals surface area contributed by atoms with Crippen molar-refractivity contribution in [3.8, 4) is 23.1 Å². The zero-order chi connectivity index (χ0) is 21.8. The van der Waals surface area contributed by atoms with Crippen LogP contribution in [0.5, 0.6) is 0 Å². The lowest BCUT2D eigenvalue weighted by Crippen LogP contribution is -2.12. The molecule has 0 unspecified atom stereocenters. The first-order chi connectivity index (χ1) is 15.0. The van der Waals surface area contributed by atoms with Gasteiger partial charge in [0.15, 0.2) is 0 Å². The molecule has 1 amide bonds. The number of fused-ring (bicyclic) bond motifs is 3. The Kier molecular flexibility index (Phi) is 6.17. The van der Waals surface area contributed by atoms with Gasteiger partial charge in [0.2, 0.25) is 11.9 Å². The normalized spacial score (nSPS) is 12.2. The number of anilines is 3. The second-order valence-corrected chi connectivity index (χ2v) is 7.98. The summed E-state index contributed by atoms with van der Waals surface area (Å²) in [5, 5.41) is 6.69. The second-order valence-electron chi connectivity index (χ2n) is 7.54. The molecule has 0 aliphatic carbocycles. The third kappa shape index (κ3) is 5.21. The van der Waals surface area contributed by atoms with Gasteiger partial charge in [0, 0.05) is 46.6 Å². The van der Waals surface area contributed by atoms with Crippen molar-refractivity contribution in [2.45, 2.75) is 12.8 Å². The molecule has 2 heterocycles. The van der Waals surface area contributed by atoms with E-state index < -0.39 is 0 Å². The average molecular weight is 432 g/mol. The zero-order valence-electron chi connectivity index (χ0n) is 17.4. The predicted octanol–water partition coefficient (Wildman–Crippen LogP) is 4.34. The third-order valence-corrected chi connectivity index (χ3v) is 5.00. The summed E-state index contributed by atoms with van der Waals surface area (Å²) in [7, 11) is 4.07. The van der Waals surface area contributed by atoms with E-state index in [0.29, 0.717) is 22.4 Å². The zero-order valence-corrected chi connectivity index (χ0v) is 18.1. The van der Waals surface area contributed by atoms with E-state index in [0.717, 1.165) is 35.3 Å². The highest BCUT2D eigenvalue weighted by Crippen LogP contribution is 2.34. The van der Waals surface area contributed by atoms with E-state index in [1.807, 2.05) is 44.4 Å². The Morgan fingerprint density at radius 1 is 1.23 bits per heavy atom. The van der Waals surface area contributed by atoms with Crippen molar-refractivity contribution < 1.29 is 4.79 Å². The van der Waals surface area contributed by atoms with E-state index in [2.05, 4.69) is 32.4 Å². The van der Waals surface area contributed by atoms with E-state index in [1.165, 1.54) is 0 Å². The third-order valence-electron chi connectivity index (χ3n) is 4.76. The summed E-state index contributed by atoms with van der Waals surface area (Å²) in [5.41, 5.74) is 4.71. The Labute approximate surface area is 186 Å². The highest BCUT2D eigenvalue weighted by atomic mass is 35.5. The monoisotopic (exact) mass is 431 g/mol. The van der Waals surface area contributed by atoms with Gasteiger partial charge in [-0.2, -0.15) is 0 Å². The summed E-state index contributed by atoms with van der Waals surface area (Å²) in [5.74, 6) is 6.72. The first kappa shape index (κ1) is 20.9. The minimum absolute atomic E-state index is 0.118. The average Bonchev–Trinajstić information content (AvgIpc) is 2.86. The Morgan fingerprint density at radius 2 is 2.10 bits per heavy atom. The molecule has 6 nitrogen and oxygen atoms in total. The van der Waals surface area contributed by atoms with Crippen LogP contribution in [-0.2, 0) is 11.2 Å². The number of halogens is 1. The van der Waals surface area contributed by atoms with Crippen molar-refractivity contribution in [3.63, 3.8) is 0 Å². The minimum Gasteiger partial charge on any atom is -0.325 e. The summed E-state index contributed by atoms with van der Waals surface area (Å²) in [6.07, 6.45) is 2.72. The van der Waals surface area contributed by atoms with Crippen LogP contribution >= 0.6 is 11.6 Å². The van der Waals surface area contributed by atoms with Crippen LogP contribution in [-0.4, -0.2) is 41.4 Å². The number of aromatic nitrogens is 2. The van der Waals surface area contributed by atoms with Gasteiger partial charge in [0.25, 0.3) is 0 Å². The van der Waals surface area contributed by atoms with Crippen molar-refractivity contribution in [3.05, 3.63) is 64.8 Å². The standard InChI is InChI=1S/C24H22ClN5O/c1-30(2)11-4-3-6-16-7-5-8-19(12-16)27-24-26-15-17-13-22(31)28-21-14-18(25)9-10-20(21)23(17)29-24/h5,7-10,12,14-15H,4,11,13H2,1-2H3,(H,28,31)(H,26,27,29). The smallest absolute Gasteiger partial charge is 0.228 e. The number of rotatable bonds is 4. The molecule has 0 spiro atoms. The molecule has 0 radical (unpaired) electrons. The molecular weight excluding hydrogens is 410 g/mol. The van der Waals surface area contributed by atoms with Crippen LogP contribution in [0.15, 0.2) is 48.7 Å². The predicted molar refractivity (Wildman–Crippen MR) is 125 cm³/mol. The largest absolute Gasteiger partial charge is 0.325 e. The van der Waals surface area contributed by atoms with Gasteiger partial charge in [-0.05, 0) is 50.5 Å². The number of nitrogens with zero attached hydrogens (tertiary/aromatic N) is 3. The molecular formula is C24H22ClN5O. The molecule has 0 saturated carbocycles. The fourth-order valence-electron chi connectivity index (χ4n) is 3.27. The van der Waals surface area contributed by atoms with Crippen LogP contribution in [0.4, 0.5) is 17.3 Å². The Balaban J connectivity index is 1.60. The molecule has 1 aromatic heterocycles. The molecule has 0 fully saturated rings. The van der Waals surface area contributed by atoms with Gasteiger partial charge < -0.3 is 15.5 Å². The fourth-order valence-corrected chi connectivity index (χ4v) is 3.44. The van der Waals surface area contributed by atoms with E-state index in [-0.39, 0.29) is 12.3 Å². The number of nitrogens with one attached hydrogen (secondary N) is 2. The molecule has 4 rings (SSSR count). The number of hydrogen-bond donors (Lipinski definition) is 2. The number of carbonyl (C=O) groups excluding carboxylic acids is 1. The van der Waals surface area contributed by atoms with Gasteiger partial charge in [-0.15, -0.1) is 0 Å². The van der Waals surface area contributed by atoms with Crippen LogP contribution in [0.2, 0.25) is 5.02 Å². The molecule has 7 heteroatoms. The first-order valence-electron chi connectivity index (χ1n) is 9.94. The Morgan fingerprint density at radius 3 is 2.94 bits per heavy atom. The minimum atomic E-state index is -0.118. The van der Waals surface area contributed by atoms with Gasteiger partial charge in [0.05, 0.1) is 17.8 Å². The number of hydrogen-bond acceptors (Lipinski definition) is 5. The Hall–Kier alpha value is -3.40. The lowest BCUT2D eigenvalue weighted by Gasteiger charge is -2.11. The number of amides is 1. The first-order valence-corrected chi connectivity index (χ1v) is 10.3. The summed E-state index contributed by atoms with van der Waals surface area (Å²) in [6, 6.07) is 13.2. The summed E-state index contributed by atoms with van der Waals surface area (Å²) in [6.45, 7) is 0.929. The van der Waals surface area contributed by atoms with Gasteiger partial charge in [0.1, 0.15) is 0 Å². The fraction of sp³-hybridized carbons (Fsp3) is 0.208. The summed E-state index contributed by atoms with van der Waals surface area (Å²) < 4.78 is 0. The maximum atomic E-state index is 12.2. The summed E-state index contributed by atoms with van der Waals surface area (Å²) in [4.78, 5) is 23.5. The second kappa shape index (κ2) is 9.17. The van der Waals surface area contributed by atoms with Gasteiger partial charge in [-0.3, -0.25) is 4.79 Å². The van der Waals surface area contributed by atoms with Crippen LogP contribution in [0.3, 0.4) is 0 Å². The molecule has 0 bridgehead atoms. The lowest BCUT2D eigenvalue weighted by atomic mass is 10.1. The summed E-state index contributed by atoms with van der Waals surface area (Å²) >= 11 is 6.11. The van der Waals surface area contributed by atoms with Crippen LogP contribution in [0, 0.1) is 11.8 Å². The van der Waals surface area contributed by atoms with Crippen LogP contribution < -0.4 is 10.6 Å². The van der Waals surface area contributed by atoms with E-state index in [1.54, 1.807) is 18.3 Å². The molecule has 156 valence electrons. The van der Waals surface area contributed by atoms with Crippen molar-refractivity contribution >= 4 is 34.8 Å². The Bertz CT molecular complexity index is 1200. The van der Waals surface area contributed by atoms with E-state index in [9.17, 15) is 4.79 Å². The maximum Gasteiger partial charge on any atom is 0.228 e.